The number of hydrogen-bond donors (Lipinski definition) is 1. The molecule has 2 heterocycles. The molecule has 1 aromatic rings. The van der Waals surface area contributed by atoms with Crippen molar-refractivity contribution in [3.05, 3.63) is 11.6 Å². The minimum atomic E-state index is 0.556. The Morgan fingerprint density at radius 1 is 1.25 bits per heavy atom. The van der Waals surface area contributed by atoms with E-state index in [2.05, 4.69) is 9.78 Å². The Balaban J connectivity index is 1.85. The van der Waals surface area contributed by atoms with E-state index in [-0.39, 0.29) is 0 Å². The van der Waals surface area contributed by atoms with Crippen molar-refractivity contribution in [2.24, 2.45) is 5.73 Å². The number of fused-ring (bicyclic) bond motifs is 1. The molecule has 1 aromatic heterocycles. The summed E-state index contributed by atoms with van der Waals surface area (Å²) in [5.74, 6) is 3.51. The summed E-state index contributed by atoms with van der Waals surface area (Å²) in [5.41, 5.74) is 5.66. The average Bonchev–Trinajstić information content (AvgIpc) is 2.59. The number of aryl methyl sites for hydroxylation is 1. The largest absolute Gasteiger partial charge is 0.330 e. The Morgan fingerprint density at radius 3 is 2.81 bits per heavy atom. The molecule has 4 nitrogen and oxygen atoms in total. The van der Waals surface area contributed by atoms with Crippen LogP contribution in [-0.4, -0.2) is 21.3 Å². The summed E-state index contributed by atoms with van der Waals surface area (Å²) < 4.78 is 2.14. The summed E-state index contributed by atoms with van der Waals surface area (Å²) in [5, 5.41) is 4.67. The van der Waals surface area contributed by atoms with E-state index in [1.54, 1.807) is 0 Å². The summed E-state index contributed by atoms with van der Waals surface area (Å²) in [6.45, 7) is 1.81. The topological polar surface area (TPSA) is 56.7 Å². The Bertz CT molecular complexity index is 367. The molecule has 0 radical (unpaired) electrons. The van der Waals surface area contributed by atoms with Crippen LogP contribution in [0.1, 0.15) is 62.0 Å². The fourth-order valence-electron chi connectivity index (χ4n) is 2.77. The van der Waals surface area contributed by atoms with E-state index in [9.17, 15) is 0 Å². The third-order valence-electron chi connectivity index (χ3n) is 3.99. The van der Waals surface area contributed by atoms with Crippen LogP contribution in [0.25, 0.3) is 0 Å². The molecule has 1 aliphatic carbocycles. The van der Waals surface area contributed by atoms with Gasteiger partial charge in [0.05, 0.1) is 0 Å². The van der Waals surface area contributed by atoms with Gasteiger partial charge < -0.3 is 5.73 Å². The molecule has 0 aromatic carbocycles. The molecule has 0 bridgehead atoms. The molecule has 4 heteroatoms. The lowest BCUT2D eigenvalue weighted by Crippen LogP contribution is -2.19. The van der Waals surface area contributed by atoms with Gasteiger partial charge >= 0.3 is 0 Å². The smallest absolute Gasteiger partial charge is 0.154 e. The molecule has 0 saturated heterocycles. The first-order valence-corrected chi connectivity index (χ1v) is 6.53. The zero-order valence-electron chi connectivity index (χ0n) is 9.73. The molecular formula is C12H20N4. The molecule has 1 unspecified atom stereocenters. The fourth-order valence-corrected chi connectivity index (χ4v) is 2.77. The molecule has 1 saturated carbocycles. The zero-order chi connectivity index (χ0) is 11.0. The van der Waals surface area contributed by atoms with Crippen molar-refractivity contribution >= 4 is 0 Å². The normalized spacial score (nSPS) is 25.2. The summed E-state index contributed by atoms with van der Waals surface area (Å²) in [6, 6.07) is 0. The van der Waals surface area contributed by atoms with Gasteiger partial charge in [-0.2, -0.15) is 5.10 Å². The second-order valence-electron chi connectivity index (χ2n) is 5.10. The van der Waals surface area contributed by atoms with E-state index in [0.717, 1.165) is 25.3 Å². The van der Waals surface area contributed by atoms with E-state index in [1.807, 2.05) is 0 Å². The van der Waals surface area contributed by atoms with Crippen LogP contribution in [0.15, 0.2) is 0 Å². The molecular weight excluding hydrogens is 200 g/mol. The van der Waals surface area contributed by atoms with Gasteiger partial charge in [-0.15, -0.1) is 0 Å². The Kier molecular flexibility index (Phi) is 2.67. The van der Waals surface area contributed by atoms with Gasteiger partial charge in [0.2, 0.25) is 0 Å². The highest BCUT2D eigenvalue weighted by atomic mass is 15.4. The average molecular weight is 220 g/mol. The summed E-state index contributed by atoms with van der Waals surface area (Å²) in [4.78, 5) is 4.77. The van der Waals surface area contributed by atoms with Crippen LogP contribution >= 0.6 is 0 Å². The summed E-state index contributed by atoms with van der Waals surface area (Å²) in [7, 11) is 0. The molecule has 16 heavy (non-hydrogen) atoms. The summed E-state index contributed by atoms with van der Waals surface area (Å²) >= 11 is 0. The second-order valence-corrected chi connectivity index (χ2v) is 5.10. The van der Waals surface area contributed by atoms with Crippen LogP contribution < -0.4 is 5.73 Å². The SMILES string of the molecule is NCCC1CCCn2nc(C3CCC3)nc21. The first-order chi connectivity index (χ1) is 7.88. The molecule has 2 N–H and O–H groups in total. The van der Waals surface area contributed by atoms with Gasteiger partial charge in [-0.3, -0.25) is 0 Å². The fraction of sp³-hybridized carbons (Fsp3) is 0.833. The lowest BCUT2D eigenvalue weighted by molar-refractivity contribution is 0.390. The Labute approximate surface area is 96.2 Å². The van der Waals surface area contributed by atoms with Crippen LogP contribution in [-0.2, 0) is 6.54 Å². The summed E-state index contributed by atoms with van der Waals surface area (Å²) in [6.07, 6.45) is 7.44. The maximum Gasteiger partial charge on any atom is 0.154 e. The van der Waals surface area contributed by atoms with Crippen molar-refractivity contribution in [1.82, 2.24) is 14.8 Å². The Hall–Kier alpha value is -0.900. The minimum Gasteiger partial charge on any atom is -0.330 e. The van der Waals surface area contributed by atoms with Crippen molar-refractivity contribution < 1.29 is 0 Å². The number of aromatic nitrogens is 3. The first-order valence-electron chi connectivity index (χ1n) is 6.53. The van der Waals surface area contributed by atoms with Crippen LogP contribution in [0.4, 0.5) is 0 Å². The van der Waals surface area contributed by atoms with Gasteiger partial charge in [0.25, 0.3) is 0 Å². The second kappa shape index (κ2) is 4.17. The Morgan fingerprint density at radius 2 is 2.12 bits per heavy atom. The highest BCUT2D eigenvalue weighted by molar-refractivity contribution is 5.08. The highest BCUT2D eigenvalue weighted by Crippen LogP contribution is 2.36. The number of nitrogens with zero attached hydrogens (tertiary/aromatic N) is 3. The van der Waals surface area contributed by atoms with Crippen LogP contribution in [0, 0.1) is 0 Å². The van der Waals surface area contributed by atoms with Gasteiger partial charge in [-0.1, -0.05) is 6.42 Å². The van der Waals surface area contributed by atoms with Gasteiger partial charge in [-0.05, 0) is 38.6 Å². The van der Waals surface area contributed by atoms with Crippen molar-refractivity contribution in [3.8, 4) is 0 Å². The predicted octanol–water partition coefficient (Wildman–Crippen LogP) is 1.77. The molecule has 0 amide bonds. The number of hydrogen-bond acceptors (Lipinski definition) is 3. The van der Waals surface area contributed by atoms with Crippen molar-refractivity contribution in [2.75, 3.05) is 6.54 Å². The first kappa shape index (κ1) is 10.3. The third-order valence-corrected chi connectivity index (χ3v) is 3.99. The van der Waals surface area contributed by atoms with E-state index in [1.165, 1.54) is 37.9 Å². The van der Waals surface area contributed by atoms with E-state index in [0.29, 0.717) is 11.8 Å². The highest BCUT2D eigenvalue weighted by Gasteiger charge is 2.28. The lowest BCUT2D eigenvalue weighted by atomic mass is 9.85. The molecule has 1 aliphatic heterocycles. The maximum absolute atomic E-state index is 5.66. The monoisotopic (exact) mass is 220 g/mol. The molecule has 1 fully saturated rings. The molecule has 2 aliphatic rings. The van der Waals surface area contributed by atoms with Crippen LogP contribution in [0.2, 0.25) is 0 Å². The quantitative estimate of drug-likeness (QED) is 0.844. The molecule has 3 rings (SSSR count). The zero-order valence-corrected chi connectivity index (χ0v) is 9.73. The molecule has 1 atom stereocenters. The van der Waals surface area contributed by atoms with Crippen molar-refractivity contribution in [1.29, 1.82) is 0 Å². The third kappa shape index (κ3) is 1.65. The standard InChI is InChI=1S/C12H20N4/c13-7-6-10-5-2-8-16-12(10)14-11(15-16)9-3-1-4-9/h9-10H,1-8,13H2. The van der Waals surface area contributed by atoms with E-state index >= 15 is 0 Å². The predicted molar refractivity (Wildman–Crippen MR) is 62.3 cm³/mol. The molecule has 0 spiro atoms. The lowest BCUT2D eigenvalue weighted by Gasteiger charge is -2.21. The van der Waals surface area contributed by atoms with Gasteiger partial charge in [0.1, 0.15) is 5.82 Å². The molecule has 88 valence electrons. The van der Waals surface area contributed by atoms with Gasteiger partial charge in [-0.25, -0.2) is 9.67 Å². The van der Waals surface area contributed by atoms with Crippen molar-refractivity contribution in [3.63, 3.8) is 0 Å². The van der Waals surface area contributed by atoms with Crippen LogP contribution in [0.3, 0.4) is 0 Å². The number of rotatable bonds is 3. The van der Waals surface area contributed by atoms with E-state index in [4.69, 9.17) is 10.7 Å². The minimum absolute atomic E-state index is 0.556. The van der Waals surface area contributed by atoms with Crippen LogP contribution in [0.5, 0.6) is 0 Å². The van der Waals surface area contributed by atoms with Gasteiger partial charge in [0.15, 0.2) is 5.82 Å². The van der Waals surface area contributed by atoms with E-state index < -0.39 is 0 Å². The van der Waals surface area contributed by atoms with Gasteiger partial charge in [0, 0.05) is 18.4 Å². The number of nitrogens with two attached hydrogens (primary N) is 1. The van der Waals surface area contributed by atoms with Crippen molar-refractivity contribution in [2.45, 2.75) is 56.9 Å². The maximum atomic E-state index is 5.66.